The van der Waals surface area contributed by atoms with Crippen LogP contribution in [0.25, 0.3) is 0 Å². The van der Waals surface area contributed by atoms with Crippen molar-refractivity contribution >= 4 is 6.03 Å². The predicted molar refractivity (Wildman–Crippen MR) is 138 cm³/mol. The van der Waals surface area contributed by atoms with Gasteiger partial charge in [0.2, 0.25) is 0 Å². The van der Waals surface area contributed by atoms with Gasteiger partial charge in [0.25, 0.3) is 0 Å². The van der Waals surface area contributed by atoms with Gasteiger partial charge in [-0.25, -0.2) is 4.79 Å². The molecule has 2 aromatic carbocycles. The summed E-state index contributed by atoms with van der Waals surface area (Å²) >= 11 is 0. The summed E-state index contributed by atoms with van der Waals surface area (Å²) in [4.78, 5) is 17.8. The van der Waals surface area contributed by atoms with Crippen LogP contribution in [0.15, 0.2) is 54.6 Å². The van der Waals surface area contributed by atoms with E-state index < -0.39 is 0 Å². The lowest BCUT2D eigenvalue weighted by Gasteiger charge is -2.39. The van der Waals surface area contributed by atoms with Crippen molar-refractivity contribution in [3.05, 3.63) is 60.2 Å². The van der Waals surface area contributed by atoms with Crippen LogP contribution in [-0.4, -0.2) is 47.5 Å². The van der Waals surface area contributed by atoms with Crippen molar-refractivity contribution in [2.24, 2.45) is 0 Å². The minimum absolute atomic E-state index is 0.174. The van der Waals surface area contributed by atoms with E-state index >= 15 is 0 Å². The highest BCUT2D eigenvalue weighted by Gasteiger charge is 2.29. The minimum Gasteiger partial charge on any atom is -0.457 e. The number of para-hydroxylation sites is 1. The van der Waals surface area contributed by atoms with Crippen molar-refractivity contribution in [3.63, 3.8) is 0 Å². The fourth-order valence-electron chi connectivity index (χ4n) is 5.22. The lowest BCUT2D eigenvalue weighted by Crippen LogP contribution is -2.53. The molecule has 1 N–H and O–H groups in total. The van der Waals surface area contributed by atoms with E-state index in [1.54, 1.807) is 0 Å². The number of benzene rings is 2. The van der Waals surface area contributed by atoms with Crippen LogP contribution in [0, 0.1) is 0 Å². The third kappa shape index (κ3) is 7.23. The van der Waals surface area contributed by atoms with E-state index in [4.69, 9.17) is 4.74 Å². The fourth-order valence-corrected chi connectivity index (χ4v) is 5.22. The molecular formula is C29H41N3O2. The molecular weight excluding hydrogens is 422 g/mol. The molecule has 1 saturated heterocycles. The van der Waals surface area contributed by atoms with Gasteiger partial charge in [0.05, 0.1) is 0 Å². The van der Waals surface area contributed by atoms with Crippen LogP contribution in [0.2, 0.25) is 0 Å². The van der Waals surface area contributed by atoms with Crippen molar-refractivity contribution < 1.29 is 9.53 Å². The quantitative estimate of drug-likeness (QED) is 0.456. The maximum absolute atomic E-state index is 13.1. The summed E-state index contributed by atoms with van der Waals surface area (Å²) in [6.07, 6.45) is 10.4. The highest BCUT2D eigenvalue weighted by atomic mass is 16.5. The third-order valence-corrected chi connectivity index (χ3v) is 7.25. The van der Waals surface area contributed by atoms with Gasteiger partial charge < -0.3 is 15.0 Å². The standard InChI is InChI=1S/C29H41N3O2/c1-2-3-20-32(29(33)30-25-10-6-4-7-11-25)26-18-21-31(22-19-26)23-24-14-16-28(17-15-24)34-27-12-8-5-9-13-27/h5,8-9,12-17,25-26H,2-4,6-7,10-11,18-23H2,1H3,(H,30,33). The zero-order chi connectivity index (χ0) is 23.6. The largest absolute Gasteiger partial charge is 0.457 e. The molecule has 1 aliphatic carbocycles. The van der Waals surface area contributed by atoms with Crippen LogP contribution < -0.4 is 10.1 Å². The minimum atomic E-state index is 0.174. The molecule has 0 bridgehead atoms. The Morgan fingerprint density at radius 1 is 0.941 bits per heavy atom. The van der Waals surface area contributed by atoms with Crippen molar-refractivity contribution in [3.8, 4) is 11.5 Å². The summed E-state index contributed by atoms with van der Waals surface area (Å²) in [6, 6.07) is 19.2. The van der Waals surface area contributed by atoms with Crippen molar-refractivity contribution in [1.29, 1.82) is 0 Å². The van der Waals surface area contributed by atoms with Crippen LogP contribution in [0.1, 0.15) is 70.3 Å². The summed E-state index contributed by atoms with van der Waals surface area (Å²) < 4.78 is 5.92. The maximum Gasteiger partial charge on any atom is 0.317 e. The van der Waals surface area contributed by atoms with Crippen molar-refractivity contribution in [1.82, 2.24) is 15.1 Å². The Bertz CT molecular complexity index is 857. The van der Waals surface area contributed by atoms with Gasteiger partial charge >= 0.3 is 6.03 Å². The lowest BCUT2D eigenvalue weighted by atomic mass is 9.95. The average Bonchev–Trinajstić information content (AvgIpc) is 2.88. The zero-order valence-electron chi connectivity index (χ0n) is 20.8. The molecule has 0 atom stereocenters. The maximum atomic E-state index is 13.1. The Balaban J connectivity index is 1.26. The van der Waals surface area contributed by atoms with Crippen LogP contribution in [-0.2, 0) is 6.54 Å². The predicted octanol–water partition coefficient (Wildman–Crippen LogP) is 6.59. The first-order chi connectivity index (χ1) is 16.7. The van der Waals surface area contributed by atoms with E-state index in [2.05, 4.69) is 46.3 Å². The lowest BCUT2D eigenvalue weighted by molar-refractivity contribution is 0.113. The van der Waals surface area contributed by atoms with Crippen molar-refractivity contribution in [2.75, 3.05) is 19.6 Å². The summed E-state index contributed by atoms with van der Waals surface area (Å²) in [6.45, 7) is 6.10. The highest BCUT2D eigenvalue weighted by Crippen LogP contribution is 2.24. The van der Waals surface area contributed by atoms with Gasteiger partial charge in [-0.15, -0.1) is 0 Å². The van der Waals surface area contributed by atoms with Crippen LogP contribution in [0.5, 0.6) is 11.5 Å². The topological polar surface area (TPSA) is 44.8 Å². The number of urea groups is 1. The summed E-state index contributed by atoms with van der Waals surface area (Å²) in [5.41, 5.74) is 1.30. The summed E-state index contributed by atoms with van der Waals surface area (Å²) in [5.74, 6) is 1.72. The smallest absolute Gasteiger partial charge is 0.317 e. The first-order valence-electron chi connectivity index (χ1n) is 13.3. The van der Waals surface area contributed by atoms with E-state index in [0.717, 1.165) is 76.2 Å². The van der Waals surface area contributed by atoms with Crippen molar-refractivity contribution in [2.45, 2.75) is 83.3 Å². The Labute approximate surface area is 205 Å². The average molecular weight is 464 g/mol. The number of ether oxygens (including phenoxy) is 1. The van der Waals surface area contributed by atoms with E-state index in [9.17, 15) is 4.79 Å². The molecule has 2 aromatic rings. The molecule has 2 aliphatic rings. The molecule has 1 aliphatic heterocycles. The summed E-state index contributed by atoms with van der Waals surface area (Å²) in [7, 11) is 0. The Kier molecular flexibility index (Phi) is 9.26. The molecule has 0 aromatic heterocycles. The molecule has 184 valence electrons. The van der Waals surface area contributed by atoms with Gasteiger partial charge in [-0.05, 0) is 61.9 Å². The van der Waals surface area contributed by atoms with Gasteiger partial charge in [0.15, 0.2) is 0 Å². The molecule has 1 heterocycles. The van der Waals surface area contributed by atoms with Gasteiger partial charge in [-0.1, -0.05) is 62.9 Å². The number of unbranched alkanes of at least 4 members (excludes halogenated alkanes) is 1. The molecule has 2 amide bonds. The normalized spacial score (nSPS) is 17.9. The number of hydrogen-bond acceptors (Lipinski definition) is 3. The van der Waals surface area contributed by atoms with Gasteiger partial charge in [-0.2, -0.15) is 0 Å². The number of carbonyl (C=O) groups is 1. The van der Waals surface area contributed by atoms with E-state index in [0.29, 0.717) is 12.1 Å². The first-order valence-corrected chi connectivity index (χ1v) is 13.3. The molecule has 1 saturated carbocycles. The number of nitrogens with one attached hydrogen (secondary N) is 1. The molecule has 34 heavy (non-hydrogen) atoms. The number of rotatable bonds is 9. The molecule has 5 heteroatoms. The molecule has 0 unspecified atom stereocenters. The Hall–Kier alpha value is -2.53. The van der Waals surface area contributed by atoms with E-state index in [-0.39, 0.29) is 6.03 Å². The van der Waals surface area contributed by atoms with Crippen LogP contribution >= 0.6 is 0 Å². The SMILES string of the molecule is CCCCN(C(=O)NC1CCCCC1)C1CCN(Cc2ccc(Oc3ccccc3)cc2)CC1. The number of likely N-dealkylation sites (tertiary alicyclic amines) is 1. The number of amides is 2. The van der Waals surface area contributed by atoms with Gasteiger partial charge in [0, 0.05) is 38.3 Å². The van der Waals surface area contributed by atoms with Crippen LogP contribution in [0.4, 0.5) is 4.79 Å². The second-order valence-corrected chi connectivity index (χ2v) is 9.90. The number of piperidine rings is 1. The summed E-state index contributed by atoms with van der Waals surface area (Å²) in [5, 5.41) is 3.36. The van der Waals surface area contributed by atoms with Gasteiger partial charge in [0.1, 0.15) is 11.5 Å². The van der Waals surface area contributed by atoms with E-state index in [1.165, 1.54) is 24.8 Å². The van der Waals surface area contributed by atoms with E-state index in [1.807, 2.05) is 30.3 Å². The second kappa shape index (κ2) is 12.8. The second-order valence-electron chi connectivity index (χ2n) is 9.90. The number of hydrogen-bond donors (Lipinski definition) is 1. The zero-order valence-corrected chi connectivity index (χ0v) is 20.8. The van der Waals surface area contributed by atoms with Crippen LogP contribution in [0.3, 0.4) is 0 Å². The third-order valence-electron chi connectivity index (χ3n) is 7.25. The number of nitrogens with zero attached hydrogens (tertiary/aromatic N) is 2. The molecule has 0 radical (unpaired) electrons. The number of carbonyl (C=O) groups excluding carboxylic acids is 1. The molecule has 4 rings (SSSR count). The first kappa shape index (κ1) is 24.6. The van der Waals surface area contributed by atoms with Gasteiger partial charge in [-0.3, -0.25) is 4.90 Å². The Morgan fingerprint density at radius 2 is 1.62 bits per heavy atom. The monoisotopic (exact) mass is 463 g/mol. The molecule has 0 spiro atoms. The molecule has 2 fully saturated rings. The molecule has 5 nitrogen and oxygen atoms in total. The highest BCUT2D eigenvalue weighted by molar-refractivity contribution is 5.75. The fraction of sp³-hybridized carbons (Fsp3) is 0.552. The Morgan fingerprint density at radius 3 is 2.29 bits per heavy atom.